The van der Waals surface area contributed by atoms with Crippen LogP contribution in [-0.2, 0) is 62.0 Å². The molecular formula is C44H50N4O7P+. The van der Waals surface area contributed by atoms with Gasteiger partial charge in [0.25, 0.3) is 0 Å². The number of carbonyl (C=O) groups is 2. The molecule has 0 fully saturated rings. The van der Waals surface area contributed by atoms with Gasteiger partial charge in [-0.2, -0.15) is 0 Å². The van der Waals surface area contributed by atoms with E-state index in [9.17, 15) is 14.2 Å². The van der Waals surface area contributed by atoms with Crippen molar-refractivity contribution in [1.82, 2.24) is 9.13 Å². The summed E-state index contributed by atoms with van der Waals surface area (Å²) in [6.07, 6.45) is 4.01. The number of fused-ring (bicyclic) bond motifs is 2. The van der Waals surface area contributed by atoms with E-state index in [4.69, 9.17) is 30.0 Å². The number of primary amides is 2. The first-order valence-corrected chi connectivity index (χ1v) is 20.3. The fraction of sp³-hybridized carbons (Fsp3) is 0.318. The molecule has 0 saturated carbocycles. The van der Waals surface area contributed by atoms with E-state index in [1.807, 2.05) is 81.9 Å². The van der Waals surface area contributed by atoms with Gasteiger partial charge in [0.15, 0.2) is 0 Å². The molecule has 2 amide bonds. The number of ether oxygens (including phenoxy) is 2. The van der Waals surface area contributed by atoms with Crippen LogP contribution in [0, 0.1) is 0 Å². The summed E-state index contributed by atoms with van der Waals surface area (Å²) in [4.78, 5) is 24.1. The van der Waals surface area contributed by atoms with Crippen LogP contribution < -0.4 is 20.9 Å². The number of hydrogen-bond acceptors (Lipinski definition) is 7. The molecular weight excluding hydrogens is 727 g/mol. The molecule has 0 radical (unpaired) electrons. The summed E-state index contributed by atoms with van der Waals surface area (Å²) in [5.74, 6) is 0.518. The molecule has 0 aliphatic carbocycles. The van der Waals surface area contributed by atoms with E-state index in [2.05, 4.69) is 38.1 Å². The van der Waals surface area contributed by atoms with Crippen LogP contribution in [0.15, 0.2) is 97.1 Å². The van der Waals surface area contributed by atoms with Crippen LogP contribution in [-0.4, -0.2) is 47.4 Å². The highest BCUT2D eigenvalue weighted by Crippen LogP contribution is 2.34. The van der Waals surface area contributed by atoms with Gasteiger partial charge in [-0.1, -0.05) is 74.5 Å². The zero-order valence-electron chi connectivity index (χ0n) is 32.1. The Bertz CT molecular complexity index is 2130. The van der Waals surface area contributed by atoms with Crippen molar-refractivity contribution in [1.29, 1.82) is 0 Å². The van der Waals surface area contributed by atoms with Crippen molar-refractivity contribution >= 4 is 41.9 Å². The lowest BCUT2D eigenvalue weighted by molar-refractivity contribution is -0.119. The van der Waals surface area contributed by atoms with E-state index in [-0.39, 0.29) is 26.3 Å². The molecule has 0 aliphatic rings. The van der Waals surface area contributed by atoms with Crippen LogP contribution >= 0.6 is 8.25 Å². The second-order valence-corrected chi connectivity index (χ2v) is 14.6. The first-order chi connectivity index (χ1) is 27.2. The first kappa shape index (κ1) is 40.2. The summed E-state index contributed by atoms with van der Waals surface area (Å²) in [6, 6.07) is 32.3. The van der Waals surface area contributed by atoms with Crippen LogP contribution in [0.25, 0.3) is 21.8 Å². The van der Waals surface area contributed by atoms with E-state index < -0.39 is 20.1 Å². The molecule has 6 aromatic rings. The normalized spacial score (nSPS) is 11.3. The van der Waals surface area contributed by atoms with Gasteiger partial charge in [0.1, 0.15) is 37.8 Å². The Morgan fingerprint density at radius 2 is 1.00 bits per heavy atom. The molecule has 292 valence electrons. The summed E-state index contributed by atoms with van der Waals surface area (Å²) in [6.45, 7) is 5.43. The van der Waals surface area contributed by atoms with Gasteiger partial charge in [-0.15, -0.1) is 9.05 Å². The summed E-state index contributed by atoms with van der Waals surface area (Å²) >= 11 is 0. The van der Waals surface area contributed by atoms with Crippen LogP contribution in [0.1, 0.15) is 60.3 Å². The molecule has 56 heavy (non-hydrogen) atoms. The summed E-state index contributed by atoms with van der Waals surface area (Å²) in [5.41, 5.74) is 20.0. The summed E-state index contributed by atoms with van der Waals surface area (Å²) < 4.78 is 39.2. The standard InChI is InChI=1S/C44H49N4O7P/c1-3-39-37(25-31-13-7-5-8-14-31)35-19-17-33(27-41(35)47(39)29-43(45)49)52-21-11-23-54-56(51)55-24-12-22-53-34-18-20-36-38(26-32-15-9-6-10-16-32)40(4-2)48(30-44(46)50)42(36)28-34/h5-10,13-20,27-28H,3-4,11-12,21-26,29-30H2,1-2H3,(H3-,45,46,49,50)/p+1. The quantitative estimate of drug-likeness (QED) is 0.0528. The Kier molecular flexibility index (Phi) is 13.9. The monoisotopic (exact) mass is 777 g/mol. The molecule has 0 atom stereocenters. The molecule has 2 aromatic heterocycles. The lowest BCUT2D eigenvalue weighted by atomic mass is 10.0. The number of nitrogens with two attached hydrogens (primary N) is 2. The summed E-state index contributed by atoms with van der Waals surface area (Å²) in [5, 5.41) is 2.13. The maximum absolute atomic E-state index is 12.4. The SMILES string of the molecule is CCc1c(Cc2ccccc2)c2ccc(OCCCO[P+](=O)OCCCOc3ccc4c(Cc5ccccc5)c(CC)n(CC(N)=O)c4c3)cc2n1CC(N)=O. The van der Waals surface area contributed by atoms with Crippen molar-refractivity contribution in [3.8, 4) is 11.5 Å². The van der Waals surface area contributed by atoms with E-state index in [0.29, 0.717) is 37.6 Å². The average Bonchev–Trinajstić information content (AvgIpc) is 3.63. The van der Waals surface area contributed by atoms with Crippen LogP contribution in [0.4, 0.5) is 0 Å². The molecule has 12 heteroatoms. The lowest BCUT2D eigenvalue weighted by Gasteiger charge is -2.10. The van der Waals surface area contributed by atoms with Gasteiger partial charge in [-0.3, -0.25) is 9.59 Å². The zero-order valence-corrected chi connectivity index (χ0v) is 33.0. The first-order valence-electron chi connectivity index (χ1n) is 19.2. The largest absolute Gasteiger partial charge is 0.697 e. The topological polar surface area (TPSA) is 150 Å². The van der Waals surface area contributed by atoms with Crippen molar-refractivity contribution in [2.24, 2.45) is 11.5 Å². The Hall–Kier alpha value is -5.48. The molecule has 0 spiro atoms. The maximum atomic E-state index is 12.4. The number of amides is 2. The van der Waals surface area contributed by atoms with Gasteiger partial charge in [0, 0.05) is 51.7 Å². The lowest BCUT2D eigenvalue weighted by Crippen LogP contribution is -2.20. The molecule has 4 N–H and O–H groups in total. The zero-order chi connectivity index (χ0) is 39.4. The maximum Gasteiger partial charge on any atom is 0.697 e. The van der Waals surface area contributed by atoms with E-state index in [0.717, 1.165) is 58.9 Å². The molecule has 0 aliphatic heterocycles. The van der Waals surface area contributed by atoms with Gasteiger partial charge in [-0.05, 0) is 72.2 Å². The van der Waals surface area contributed by atoms with Crippen molar-refractivity contribution in [2.45, 2.75) is 65.5 Å². The van der Waals surface area contributed by atoms with Gasteiger partial charge in [0.2, 0.25) is 11.8 Å². The fourth-order valence-corrected chi connectivity index (χ4v) is 8.01. The Labute approximate surface area is 328 Å². The number of rotatable bonds is 22. The minimum Gasteiger partial charge on any atom is -0.493 e. The summed E-state index contributed by atoms with van der Waals surface area (Å²) in [7, 11) is -2.30. The third-order valence-electron chi connectivity index (χ3n) is 9.77. The molecule has 0 unspecified atom stereocenters. The Balaban J connectivity index is 0.962. The van der Waals surface area contributed by atoms with Gasteiger partial charge in [-0.25, -0.2) is 0 Å². The minimum absolute atomic E-state index is 0.0873. The van der Waals surface area contributed by atoms with Crippen molar-refractivity contribution < 1.29 is 32.7 Å². The second kappa shape index (κ2) is 19.4. The number of benzene rings is 4. The molecule has 4 aromatic carbocycles. The predicted molar refractivity (Wildman–Crippen MR) is 219 cm³/mol. The number of nitrogens with zero attached hydrogens (tertiary/aromatic N) is 2. The Morgan fingerprint density at radius 1 is 0.589 bits per heavy atom. The number of aromatic nitrogens is 2. The predicted octanol–water partition coefficient (Wildman–Crippen LogP) is 7.80. The van der Waals surface area contributed by atoms with Crippen molar-refractivity contribution in [3.05, 3.63) is 131 Å². The van der Waals surface area contributed by atoms with Crippen LogP contribution in [0.3, 0.4) is 0 Å². The second-order valence-electron chi connectivity index (χ2n) is 13.6. The van der Waals surface area contributed by atoms with Crippen LogP contribution in [0.5, 0.6) is 11.5 Å². The number of carbonyl (C=O) groups excluding carboxylic acids is 2. The third-order valence-corrected chi connectivity index (χ3v) is 10.6. The van der Waals surface area contributed by atoms with E-state index >= 15 is 0 Å². The van der Waals surface area contributed by atoms with Gasteiger partial charge >= 0.3 is 8.25 Å². The van der Waals surface area contributed by atoms with E-state index in [1.54, 1.807) is 0 Å². The molecule has 11 nitrogen and oxygen atoms in total. The van der Waals surface area contributed by atoms with E-state index in [1.165, 1.54) is 22.3 Å². The molecule has 2 heterocycles. The highest BCUT2D eigenvalue weighted by molar-refractivity contribution is 7.33. The van der Waals surface area contributed by atoms with Crippen molar-refractivity contribution in [2.75, 3.05) is 26.4 Å². The molecule has 6 rings (SSSR count). The highest BCUT2D eigenvalue weighted by Gasteiger charge is 2.22. The average molecular weight is 778 g/mol. The molecule has 0 saturated heterocycles. The van der Waals surface area contributed by atoms with Gasteiger partial charge in [0.05, 0.1) is 24.2 Å². The number of hydrogen-bond donors (Lipinski definition) is 2. The van der Waals surface area contributed by atoms with Crippen molar-refractivity contribution in [3.63, 3.8) is 0 Å². The Morgan fingerprint density at radius 3 is 1.38 bits per heavy atom. The highest BCUT2D eigenvalue weighted by atomic mass is 31.1. The van der Waals surface area contributed by atoms with Crippen LogP contribution in [0.2, 0.25) is 0 Å². The third kappa shape index (κ3) is 10.0. The fourth-order valence-electron chi connectivity index (χ4n) is 7.38. The van der Waals surface area contributed by atoms with Gasteiger partial charge < -0.3 is 30.1 Å². The minimum atomic E-state index is -2.30. The molecule has 0 bridgehead atoms. The smallest absolute Gasteiger partial charge is 0.493 e.